The normalized spacial score (nSPS) is 21.9. The van der Waals surface area contributed by atoms with Crippen molar-refractivity contribution >= 4 is 34.7 Å². The summed E-state index contributed by atoms with van der Waals surface area (Å²) >= 11 is 6.27. The lowest BCUT2D eigenvalue weighted by atomic mass is 10.1. The van der Waals surface area contributed by atoms with E-state index in [1.807, 2.05) is 0 Å². The van der Waals surface area contributed by atoms with Gasteiger partial charge in [-0.3, -0.25) is 9.59 Å². The molecule has 0 spiro atoms. The number of carbonyl (C=O) groups is 2. The lowest BCUT2D eigenvalue weighted by molar-refractivity contribution is -0.112. The standard InChI is InChI=1S/C14H15ClN2O3/c1-2-8-7-17(3-4-20-8)12-6-11-9(5-10(12)15)13(18)14(19)16-11/h5-6,8H,2-4,7H2,1H3,(H,16,18,19). The summed E-state index contributed by atoms with van der Waals surface area (Å²) in [7, 11) is 0. The van der Waals surface area contributed by atoms with E-state index < -0.39 is 11.7 Å². The van der Waals surface area contributed by atoms with Crippen LogP contribution in [0.2, 0.25) is 5.02 Å². The van der Waals surface area contributed by atoms with Crippen molar-refractivity contribution in [2.45, 2.75) is 19.4 Å². The Bertz CT molecular complexity index is 588. The van der Waals surface area contributed by atoms with Crippen LogP contribution >= 0.6 is 11.6 Å². The van der Waals surface area contributed by atoms with Crippen LogP contribution in [0.25, 0.3) is 0 Å². The number of nitrogens with one attached hydrogen (secondary N) is 1. The van der Waals surface area contributed by atoms with Crippen molar-refractivity contribution in [3.63, 3.8) is 0 Å². The molecule has 0 aromatic heterocycles. The summed E-state index contributed by atoms with van der Waals surface area (Å²) in [5.41, 5.74) is 1.73. The van der Waals surface area contributed by atoms with Crippen molar-refractivity contribution in [1.82, 2.24) is 0 Å². The van der Waals surface area contributed by atoms with Crippen LogP contribution in [-0.2, 0) is 9.53 Å². The van der Waals surface area contributed by atoms with Crippen LogP contribution in [0.3, 0.4) is 0 Å². The lowest BCUT2D eigenvalue weighted by Crippen LogP contribution is -2.42. The number of halogens is 1. The van der Waals surface area contributed by atoms with Gasteiger partial charge in [0.1, 0.15) is 0 Å². The summed E-state index contributed by atoms with van der Waals surface area (Å²) < 4.78 is 5.64. The highest BCUT2D eigenvalue weighted by atomic mass is 35.5. The second kappa shape index (κ2) is 5.07. The first-order valence-corrected chi connectivity index (χ1v) is 7.03. The molecule has 3 rings (SSSR count). The molecule has 20 heavy (non-hydrogen) atoms. The van der Waals surface area contributed by atoms with Crippen LogP contribution < -0.4 is 10.2 Å². The van der Waals surface area contributed by atoms with Crippen molar-refractivity contribution in [2.24, 2.45) is 0 Å². The van der Waals surface area contributed by atoms with E-state index in [0.29, 0.717) is 22.9 Å². The zero-order chi connectivity index (χ0) is 14.3. The maximum Gasteiger partial charge on any atom is 0.296 e. The molecule has 0 aliphatic carbocycles. The average Bonchev–Trinajstić information content (AvgIpc) is 2.73. The average molecular weight is 295 g/mol. The van der Waals surface area contributed by atoms with Crippen LogP contribution in [0.15, 0.2) is 12.1 Å². The van der Waals surface area contributed by atoms with Crippen molar-refractivity contribution < 1.29 is 14.3 Å². The summed E-state index contributed by atoms with van der Waals surface area (Å²) in [5, 5.41) is 3.07. The highest BCUT2D eigenvalue weighted by molar-refractivity contribution is 6.52. The third kappa shape index (κ3) is 2.17. The first-order chi connectivity index (χ1) is 9.60. The molecule has 1 atom stereocenters. The second-order valence-corrected chi connectivity index (χ2v) is 5.39. The summed E-state index contributed by atoms with van der Waals surface area (Å²) in [4.78, 5) is 25.2. The van der Waals surface area contributed by atoms with Gasteiger partial charge in [0.05, 0.1) is 34.7 Å². The van der Waals surface area contributed by atoms with E-state index in [2.05, 4.69) is 17.1 Å². The molecule has 1 amide bonds. The van der Waals surface area contributed by atoms with Crippen molar-refractivity contribution in [3.8, 4) is 0 Å². The first kappa shape index (κ1) is 13.4. The Morgan fingerprint density at radius 2 is 2.25 bits per heavy atom. The fraction of sp³-hybridized carbons (Fsp3) is 0.429. The molecular formula is C14H15ClN2O3. The number of hydrogen-bond acceptors (Lipinski definition) is 4. The van der Waals surface area contributed by atoms with E-state index >= 15 is 0 Å². The minimum Gasteiger partial charge on any atom is -0.375 e. The molecule has 0 saturated carbocycles. The molecule has 1 N–H and O–H groups in total. The zero-order valence-corrected chi connectivity index (χ0v) is 11.9. The van der Waals surface area contributed by atoms with Gasteiger partial charge in [-0.05, 0) is 18.6 Å². The number of hydrogen-bond donors (Lipinski definition) is 1. The first-order valence-electron chi connectivity index (χ1n) is 6.66. The van der Waals surface area contributed by atoms with E-state index in [4.69, 9.17) is 16.3 Å². The van der Waals surface area contributed by atoms with E-state index in [-0.39, 0.29) is 6.10 Å². The molecule has 6 heteroatoms. The Kier molecular flexibility index (Phi) is 3.40. The predicted octanol–water partition coefficient (Wildman–Crippen LogP) is 2.09. The monoisotopic (exact) mass is 294 g/mol. The van der Waals surface area contributed by atoms with Gasteiger partial charge in [0.15, 0.2) is 0 Å². The summed E-state index contributed by atoms with van der Waals surface area (Å²) in [5.74, 6) is -1.12. The van der Waals surface area contributed by atoms with E-state index in [0.717, 1.165) is 25.2 Å². The Morgan fingerprint density at radius 1 is 1.45 bits per heavy atom. The Labute approximate surface area is 121 Å². The number of carbonyl (C=O) groups excluding carboxylic acids is 2. The molecule has 2 aliphatic rings. The van der Waals surface area contributed by atoms with Gasteiger partial charge < -0.3 is 15.0 Å². The van der Waals surface area contributed by atoms with E-state index in [1.165, 1.54) is 0 Å². The number of amides is 1. The molecular weight excluding hydrogens is 280 g/mol. The highest BCUT2D eigenvalue weighted by Crippen LogP contribution is 2.35. The number of Topliss-reactive ketones (excluding diaryl/α,β-unsaturated/α-hetero) is 1. The fourth-order valence-corrected chi connectivity index (χ4v) is 2.87. The van der Waals surface area contributed by atoms with E-state index in [9.17, 15) is 9.59 Å². The van der Waals surface area contributed by atoms with Gasteiger partial charge in [-0.2, -0.15) is 0 Å². The maximum atomic E-state index is 11.6. The number of benzene rings is 1. The van der Waals surface area contributed by atoms with Gasteiger partial charge in [0.2, 0.25) is 0 Å². The van der Waals surface area contributed by atoms with Crippen molar-refractivity contribution in [2.75, 3.05) is 29.9 Å². The van der Waals surface area contributed by atoms with E-state index in [1.54, 1.807) is 12.1 Å². The van der Waals surface area contributed by atoms with Gasteiger partial charge in [-0.25, -0.2) is 0 Å². The molecule has 1 aromatic carbocycles. The summed E-state index contributed by atoms with van der Waals surface area (Å²) in [6.07, 6.45) is 1.12. The number of ether oxygens (including phenoxy) is 1. The maximum absolute atomic E-state index is 11.6. The number of ketones is 1. The Morgan fingerprint density at radius 3 is 3.00 bits per heavy atom. The van der Waals surface area contributed by atoms with Crippen molar-refractivity contribution in [3.05, 3.63) is 22.7 Å². The minimum absolute atomic E-state index is 0.185. The van der Waals surface area contributed by atoms with Crippen LogP contribution in [-0.4, -0.2) is 37.5 Å². The third-order valence-corrected chi connectivity index (χ3v) is 4.02. The van der Waals surface area contributed by atoms with Gasteiger partial charge in [-0.1, -0.05) is 18.5 Å². The fourth-order valence-electron chi connectivity index (χ4n) is 2.58. The predicted molar refractivity (Wildman–Crippen MR) is 76.7 cm³/mol. The number of nitrogens with zero attached hydrogens (tertiary/aromatic N) is 1. The quantitative estimate of drug-likeness (QED) is 0.849. The number of rotatable bonds is 2. The molecule has 1 saturated heterocycles. The zero-order valence-electron chi connectivity index (χ0n) is 11.1. The summed E-state index contributed by atoms with van der Waals surface area (Å²) in [6, 6.07) is 3.35. The molecule has 1 fully saturated rings. The molecule has 5 nitrogen and oxygen atoms in total. The molecule has 1 aromatic rings. The lowest BCUT2D eigenvalue weighted by Gasteiger charge is -2.34. The second-order valence-electron chi connectivity index (χ2n) is 4.98. The van der Waals surface area contributed by atoms with Crippen LogP contribution in [0.5, 0.6) is 0 Å². The third-order valence-electron chi connectivity index (χ3n) is 3.72. The molecule has 1 unspecified atom stereocenters. The highest BCUT2D eigenvalue weighted by Gasteiger charge is 2.30. The largest absolute Gasteiger partial charge is 0.375 e. The number of morpholine rings is 1. The Balaban J connectivity index is 1.93. The number of anilines is 2. The topological polar surface area (TPSA) is 58.6 Å². The molecule has 2 aliphatic heterocycles. The van der Waals surface area contributed by atoms with Gasteiger partial charge in [0, 0.05) is 13.1 Å². The van der Waals surface area contributed by atoms with Gasteiger partial charge in [0.25, 0.3) is 11.7 Å². The molecule has 2 heterocycles. The van der Waals surface area contributed by atoms with Gasteiger partial charge >= 0.3 is 0 Å². The smallest absolute Gasteiger partial charge is 0.296 e. The number of fused-ring (bicyclic) bond motifs is 1. The Hall–Kier alpha value is -1.59. The SMILES string of the molecule is CCC1CN(c2cc3c(cc2Cl)C(=O)C(=O)N3)CCO1. The minimum atomic E-state index is -0.596. The van der Waals surface area contributed by atoms with Crippen LogP contribution in [0.4, 0.5) is 11.4 Å². The van der Waals surface area contributed by atoms with Gasteiger partial charge in [-0.15, -0.1) is 0 Å². The molecule has 106 valence electrons. The molecule has 0 radical (unpaired) electrons. The van der Waals surface area contributed by atoms with Crippen molar-refractivity contribution in [1.29, 1.82) is 0 Å². The summed E-state index contributed by atoms with van der Waals surface area (Å²) in [6.45, 7) is 4.24. The molecule has 0 bridgehead atoms. The van der Waals surface area contributed by atoms with Crippen LogP contribution in [0, 0.1) is 0 Å². The van der Waals surface area contributed by atoms with Crippen LogP contribution in [0.1, 0.15) is 23.7 Å².